The van der Waals surface area contributed by atoms with Crippen LogP contribution in [-0.2, 0) is 14.3 Å². The average molecular weight is 397 g/mol. The van der Waals surface area contributed by atoms with Crippen molar-refractivity contribution in [1.29, 1.82) is 0 Å². The lowest BCUT2D eigenvalue weighted by Crippen LogP contribution is -2.32. The van der Waals surface area contributed by atoms with E-state index >= 15 is 0 Å². The van der Waals surface area contributed by atoms with Crippen LogP contribution in [-0.4, -0.2) is 48.2 Å². The average Bonchev–Trinajstić information content (AvgIpc) is 3.11. The van der Waals surface area contributed by atoms with Gasteiger partial charge < -0.3 is 14.2 Å². The molecule has 0 aliphatic carbocycles. The van der Waals surface area contributed by atoms with Crippen molar-refractivity contribution in [2.45, 2.75) is 23.8 Å². The van der Waals surface area contributed by atoms with Crippen LogP contribution in [0.25, 0.3) is 0 Å². The van der Waals surface area contributed by atoms with Crippen molar-refractivity contribution >= 4 is 40.1 Å². The molecule has 0 radical (unpaired) electrons. The minimum absolute atomic E-state index is 0.136. The first-order valence-electron chi connectivity index (χ1n) is 7.70. The van der Waals surface area contributed by atoms with Crippen LogP contribution in [0.15, 0.2) is 28.6 Å². The maximum absolute atomic E-state index is 12.4. The Morgan fingerprint density at radius 3 is 2.50 bits per heavy atom. The first-order chi connectivity index (χ1) is 12.5. The number of benzene rings is 1. The predicted molar refractivity (Wildman–Crippen MR) is 99.0 cm³/mol. The lowest BCUT2D eigenvalue weighted by molar-refractivity contribution is -0.137. The zero-order valence-corrected chi connectivity index (χ0v) is 16.2. The van der Waals surface area contributed by atoms with Gasteiger partial charge in [-0.25, -0.2) is 0 Å². The number of anilines is 1. The van der Waals surface area contributed by atoms with E-state index in [1.165, 1.54) is 30.2 Å². The molecule has 2 rings (SSSR count). The molecule has 0 bridgehead atoms. The van der Waals surface area contributed by atoms with Crippen molar-refractivity contribution in [3.63, 3.8) is 0 Å². The van der Waals surface area contributed by atoms with Crippen LogP contribution in [0.3, 0.4) is 0 Å². The number of nitrogens with zero attached hydrogens (tertiary/aromatic N) is 2. The Bertz CT molecular complexity index is 736. The number of amides is 1. The van der Waals surface area contributed by atoms with Crippen LogP contribution in [0.1, 0.15) is 13.3 Å². The van der Waals surface area contributed by atoms with Crippen LogP contribution in [0.2, 0.25) is 0 Å². The highest BCUT2D eigenvalue weighted by atomic mass is 32.2. The van der Waals surface area contributed by atoms with Crippen molar-refractivity contribution in [2.24, 2.45) is 0 Å². The summed E-state index contributed by atoms with van der Waals surface area (Å²) in [6.07, 6.45) is -0.181. The molecule has 0 fully saturated rings. The SMILES string of the molecule is CC[C@H](Oc1ccc(OC)cc1)C(=O)Nc1nnc(SCC(=O)OC)s1. The van der Waals surface area contributed by atoms with Crippen LogP contribution < -0.4 is 14.8 Å². The third-order valence-electron chi connectivity index (χ3n) is 3.18. The summed E-state index contributed by atoms with van der Waals surface area (Å²) in [5.74, 6) is 0.746. The predicted octanol–water partition coefficient (Wildman–Crippen LogP) is 2.61. The minimum Gasteiger partial charge on any atom is -0.497 e. The fourth-order valence-electron chi connectivity index (χ4n) is 1.82. The molecule has 1 atom stereocenters. The van der Waals surface area contributed by atoms with E-state index in [-0.39, 0.29) is 17.6 Å². The molecule has 0 spiro atoms. The topological polar surface area (TPSA) is 99.6 Å². The van der Waals surface area contributed by atoms with Gasteiger partial charge in [-0.05, 0) is 30.7 Å². The molecule has 0 saturated carbocycles. The maximum Gasteiger partial charge on any atom is 0.316 e. The number of ether oxygens (including phenoxy) is 3. The summed E-state index contributed by atoms with van der Waals surface area (Å²) in [5.41, 5.74) is 0. The van der Waals surface area contributed by atoms with Gasteiger partial charge in [0.1, 0.15) is 11.5 Å². The maximum atomic E-state index is 12.4. The Morgan fingerprint density at radius 1 is 1.19 bits per heavy atom. The Balaban J connectivity index is 1.91. The first-order valence-corrected chi connectivity index (χ1v) is 9.50. The number of aromatic nitrogens is 2. The Kier molecular flexibility index (Phi) is 7.67. The molecule has 0 saturated heterocycles. The van der Waals surface area contributed by atoms with E-state index in [4.69, 9.17) is 9.47 Å². The number of hydrogen-bond acceptors (Lipinski definition) is 9. The molecular weight excluding hydrogens is 378 g/mol. The lowest BCUT2D eigenvalue weighted by Gasteiger charge is -2.16. The first kappa shape index (κ1) is 20.0. The second-order valence-corrected chi connectivity index (χ2v) is 7.12. The highest BCUT2D eigenvalue weighted by molar-refractivity contribution is 8.01. The fourth-order valence-corrected chi connectivity index (χ4v) is 3.41. The smallest absolute Gasteiger partial charge is 0.316 e. The number of thioether (sulfide) groups is 1. The molecule has 1 aromatic heterocycles. The summed E-state index contributed by atoms with van der Waals surface area (Å²) in [6, 6.07) is 6.99. The van der Waals surface area contributed by atoms with Gasteiger partial charge in [0.25, 0.3) is 5.91 Å². The van der Waals surface area contributed by atoms with Crippen LogP contribution in [0.4, 0.5) is 5.13 Å². The third kappa shape index (κ3) is 5.88. The Labute approximate surface area is 159 Å². The molecule has 1 N–H and O–H groups in total. The zero-order valence-electron chi connectivity index (χ0n) is 14.6. The number of esters is 1. The molecule has 8 nitrogen and oxygen atoms in total. The quantitative estimate of drug-likeness (QED) is 0.392. The van der Waals surface area contributed by atoms with Gasteiger partial charge in [0.05, 0.1) is 20.0 Å². The third-order valence-corrected chi connectivity index (χ3v) is 5.12. The number of carbonyl (C=O) groups excluding carboxylic acids is 2. The van der Waals surface area contributed by atoms with Crippen molar-refractivity contribution in [3.8, 4) is 11.5 Å². The number of hydrogen-bond donors (Lipinski definition) is 1. The van der Waals surface area contributed by atoms with E-state index in [0.29, 0.717) is 27.4 Å². The highest BCUT2D eigenvalue weighted by Gasteiger charge is 2.20. The van der Waals surface area contributed by atoms with Crippen molar-refractivity contribution < 1.29 is 23.8 Å². The zero-order chi connectivity index (χ0) is 18.9. The van der Waals surface area contributed by atoms with Gasteiger partial charge in [0.15, 0.2) is 10.4 Å². The molecule has 1 amide bonds. The van der Waals surface area contributed by atoms with E-state index in [1.807, 2.05) is 6.92 Å². The molecule has 0 unspecified atom stereocenters. The number of carbonyl (C=O) groups is 2. The van der Waals surface area contributed by atoms with Crippen LogP contribution in [0.5, 0.6) is 11.5 Å². The van der Waals surface area contributed by atoms with E-state index in [1.54, 1.807) is 31.4 Å². The molecular formula is C16H19N3O5S2. The largest absolute Gasteiger partial charge is 0.497 e. The van der Waals surface area contributed by atoms with Gasteiger partial charge in [-0.2, -0.15) is 0 Å². The van der Waals surface area contributed by atoms with E-state index < -0.39 is 6.10 Å². The van der Waals surface area contributed by atoms with Crippen LogP contribution >= 0.6 is 23.1 Å². The summed E-state index contributed by atoms with van der Waals surface area (Å²) in [6.45, 7) is 1.85. The number of nitrogens with one attached hydrogen (secondary N) is 1. The van der Waals surface area contributed by atoms with Gasteiger partial charge in [0, 0.05) is 0 Å². The molecule has 0 aliphatic heterocycles. The number of methoxy groups -OCH3 is 2. The second-order valence-electron chi connectivity index (χ2n) is 4.92. The molecule has 140 valence electrons. The summed E-state index contributed by atoms with van der Waals surface area (Å²) in [5, 5.41) is 10.8. The van der Waals surface area contributed by atoms with E-state index in [2.05, 4.69) is 20.3 Å². The number of rotatable bonds is 9. The summed E-state index contributed by atoms with van der Waals surface area (Å²) in [4.78, 5) is 23.5. The van der Waals surface area contributed by atoms with Gasteiger partial charge in [0.2, 0.25) is 5.13 Å². The monoisotopic (exact) mass is 397 g/mol. The molecule has 1 heterocycles. The minimum atomic E-state index is -0.668. The fraction of sp³-hybridized carbons (Fsp3) is 0.375. The van der Waals surface area contributed by atoms with Gasteiger partial charge in [-0.3, -0.25) is 14.9 Å². The standard InChI is InChI=1S/C16H19N3O5S2/c1-4-12(24-11-7-5-10(22-2)6-8-11)14(21)17-15-18-19-16(26-15)25-9-13(20)23-3/h5-8,12H,4,9H2,1-3H3,(H,17,18,21)/t12-/m0/s1. The van der Waals surface area contributed by atoms with E-state index in [9.17, 15) is 9.59 Å². The van der Waals surface area contributed by atoms with E-state index in [0.717, 1.165) is 0 Å². The Morgan fingerprint density at radius 2 is 1.88 bits per heavy atom. The summed E-state index contributed by atoms with van der Waals surface area (Å²) in [7, 11) is 2.90. The second kappa shape index (κ2) is 9.97. The summed E-state index contributed by atoms with van der Waals surface area (Å²) < 4.78 is 15.9. The molecule has 26 heavy (non-hydrogen) atoms. The lowest BCUT2D eigenvalue weighted by atomic mass is 10.2. The summed E-state index contributed by atoms with van der Waals surface area (Å²) >= 11 is 2.38. The van der Waals surface area contributed by atoms with Gasteiger partial charge >= 0.3 is 5.97 Å². The van der Waals surface area contributed by atoms with Gasteiger partial charge in [-0.1, -0.05) is 30.0 Å². The Hall–Kier alpha value is -2.33. The molecule has 1 aromatic carbocycles. The molecule has 0 aliphatic rings. The molecule has 10 heteroatoms. The van der Waals surface area contributed by atoms with Crippen LogP contribution in [0, 0.1) is 0 Å². The van der Waals surface area contributed by atoms with Crippen molar-refractivity contribution in [1.82, 2.24) is 10.2 Å². The molecule has 2 aromatic rings. The normalized spacial score (nSPS) is 11.5. The van der Waals surface area contributed by atoms with Gasteiger partial charge in [-0.15, -0.1) is 10.2 Å². The van der Waals surface area contributed by atoms with Crippen molar-refractivity contribution in [2.75, 3.05) is 25.3 Å². The van der Waals surface area contributed by atoms with Crippen molar-refractivity contribution in [3.05, 3.63) is 24.3 Å². The highest BCUT2D eigenvalue weighted by Crippen LogP contribution is 2.26.